The molecule has 38 heavy (non-hydrogen) atoms. The van der Waals surface area contributed by atoms with Crippen molar-refractivity contribution in [2.24, 2.45) is 0 Å². The molecule has 11 heteroatoms. The zero-order chi connectivity index (χ0) is 26.7. The normalized spacial score (nSPS) is 13.4. The maximum Gasteiger partial charge on any atom is 0.247 e. The molecule has 2 aromatic heterocycles. The Morgan fingerprint density at radius 3 is 2.79 bits per heavy atom. The van der Waals surface area contributed by atoms with Gasteiger partial charge in [-0.1, -0.05) is 32.6 Å². The Bertz CT molecular complexity index is 1200. The fraction of sp³-hybridized carbons (Fsp3) is 0.407. The summed E-state index contributed by atoms with van der Waals surface area (Å²) in [4.78, 5) is 25.4. The van der Waals surface area contributed by atoms with Gasteiger partial charge in [0.05, 0.1) is 37.8 Å². The molecule has 4 rings (SSSR count). The van der Waals surface area contributed by atoms with Gasteiger partial charge in [-0.05, 0) is 36.9 Å². The molecule has 0 saturated carbocycles. The van der Waals surface area contributed by atoms with Crippen molar-refractivity contribution in [2.75, 3.05) is 61.5 Å². The number of nitrogens with zero attached hydrogens (tertiary/aromatic N) is 6. The first kappa shape index (κ1) is 27.1. The molecule has 11 nitrogen and oxygen atoms in total. The molecule has 202 valence electrons. The lowest BCUT2D eigenvalue weighted by atomic mass is 10.2. The summed E-state index contributed by atoms with van der Waals surface area (Å²) < 4.78 is 13.6. The minimum atomic E-state index is -0.263. The Labute approximate surface area is 223 Å². The molecule has 0 unspecified atom stereocenters. The Morgan fingerprint density at radius 2 is 2.03 bits per heavy atom. The Balaban J connectivity index is 1.48. The summed E-state index contributed by atoms with van der Waals surface area (Å²) >= 11 is 0. The Hall–Kier alpha value is -3.96. The molecule has 0 bridgehead atoms. The van der Waals surface area contributed by atoms with E-state index in [0.29, 0.717) is 30.7 Å². The third-order valence-electron chi connectivity index (χ3n) is 6.27. The molecule has 1 aliphatic rings. The number of benzene rings is 1. The lowest BCUT2D eigenvalue weighted by molar-refractivity contribution is -0.111. The second-order valence-electron chi connectivity index (χ2n) is 8.81. The summed E-state index contributed by atoms with van der Waals surface area (Å²) in [6.45, 7) is 14.6. The van der Waals surface area contributed by atoms with E-state index < -0.39 is 0 Å². The molecular weight excluding hydrogens is 484 g/mol. The lowest BCUT2D eigenvalue weighted by Gasteiger charge is -2.29. The zero-order valence-corrected chi connectivity index (χ0v) is 22.1. The number of aromatic nitrogens is 4. The number of ether oxygens (including phenoxy) is 2. The van der Waals surface area contributed by atoms with Gasteiger partial charge in [0.1, 0.15) is 12.3 Å². The number of morpholine rings is 1. The highest BCUT2D eigenvalue weighted by atomic mass is 16.5. The van der Waals surface area contributed by atoms with Gasteiger partial charge in [0.25, 0.3) is 0 Å². The minimum Gasteiger partial charge on any atom is -0.471 e. The fourth-order valence-electron chi connectivity index (χ4n) is 4.09. The molecule has 3 heterocycles. The van der Waals surface area contributed by atoms with Crippen LogP contribution in [0.25, 0.3) is 0 Å². The molecule has 1 aliphatic heterocycles. The summed E-state index contributed by atoms with van der Waals surface area (Å²) in [5.74, 6) is 0.631. The van der Waals surface area contributed by atoms with Gasteiger partial charge < -0.3 is 29.9 Å². The van der Waals surface area contributed by atoms with E-state index in [2.05, 4.69) is 50.9 Å². The van der Waals surface area contributed by atoms with Crippen molar-refractivity contribution >= 4 is 28.9 Å². The van der Waals surface area contributed by atoms with Crippen molar-refractivity contribution in [1.82, 2.24) is 24.6 Å². The molecule has 0 aliphatic carbocycles. The topological polar surface area (TPSA) is 110 Å². The maximum atomic E-state index is 11.7. The number of carbonyl (C=O) groups excluding carboxylic acids is 1. The minimum absolute atomic E-state index is 0.263. The quantitative estimate of drug-likeness (QED) is 0.328. The van der Waals surface area contributed by atoms with E-state index >= 15 is 0 Å². The van der Waals surface area contributed by atoms with Gasteiger partial charge in [0.2, 0.25) is 17.7 Å². The molecule has 0 radical (unpaired) electrons. The van der Waals surface area contributed by atoms with Crippen molar-refractivity contribution in [3.05, 3.63) is 61.1 Å². The molecule has 1 aromatic carbocycles. The largest absolute Gasteiger partial charge is 0.471 e. The highest BCUT2D eigenvalue weighted by molar-refractivity contribution is 5.98. The SMILES string of the molecule is C=CC(=O)Nc1cccc(COc2nc(Nc3cnn(CCN(CC)CC)c3)ncc2N2CCOCC2)c1. The van der Waals surface area contributed by atoms with Crippen molar-refractivity contribution in [1.29, 1.82) is 0 Å². The van der Waals surface area contributed by atoms with Crippen LogP contribution in [0.15, 0.2) is 55.5 Å². The third-order valence-corrected chi connectivity index (χ3v) is 6.27. The van der Waals surface area contributed by atoms with E-state index in [0.717, 1.165) is 56.2 Å². The number of hydrogen-bond donors (Lipinski definition) is 2. The Kier molecular flexibility index (Phi) is 9.65. The third kappa shape index (κ3) is 7.53. The second-order valence-corrected chi connectivity index (χ2v) is 8.81. The average molecular weight is 521 g/mol. The van der Waals surface area contributed by atoms with Crippen LogP contribution in [-0.2, 0) is 22.7 Å². The van der Waals surface area contributed by atoms with Crippen LogP contribution >= 0.6 is 0 Å². The number of carbonyl (C=O) groups is 1. The number of hydrogen-bond acceptors (Lipinski definition) is 9. The Morgan fingerprint density at radius 1 is 1.21 bits per heavy atom. The monoisotopic (exact) mass is 520 g/mol. The van der Waals surface area contributed by atoms with Crippen LogP contribution in [0.2, 0.25) is 0 Å². The molecular formula is C27H36N8O3. The highest BCUT2D eigenvalue weighted by Crippen LogP contribution is 2.29. The summed E-state index contributed by atoms with van der Waals surface area (Å²) in [6, 6.07) is 7.48. The van der Waals surface area contributed by atoms with Crippen LogP contribution in [0.3, 0.4) is 0 Å². The predicted octanol–water partition coefficient (Wildman–Crippen LogP) is 3.30. The summed E-state index contributed by atoms with van der Waals surface area (Å²) in [5, 5.41) is 10.5. The van der Waals surface area contributed by atoms with Crippen molar-refractivity contribution < 1.29 is 14.3 Å². The number of rotatable bonds is 13. The van der Waals surface area contributed by atoms with Gasteiger partial charge in [0.15, 0.2) is 0 Å². The molecule has 0 spiro atoms. The summed E-state index contributed by atoms with van der Waals surface area (Å²) in [5.41, 5.74) is 3.18. The summed E-state index contributed by atoms with van der Waals surface area (Å²) in [6.07, 6.45) is 6.74. The average Bonchev–Trinajstić information content (AvgIpc) is 3.40. The number of likely N-dealkylation sites (N-methyl/N-ethyl adjacent to an activating group) is 1. The first-order valence-corrected chi connectivity index (χ1v) is 12.9. The van der Waals surface area contributed by atoms with E-state index in [-0.39, 0.29) is 12.5 Å². The second kappa shape index (κ2) is 13.5. The van der Waals surface area contributed by atoms with Gasteiger partial charge in [-0.15, -0.1) is 0 Å². The van der Waals surface area contributed by atoms with Crippen molar-refractivity contribution in [3.63, 3.8) is 0 Å². The van der Waals surface area contributed by atoms with E-state index in [9.17, 15) is 4.79 Å². The zero-order valence-electron chi connectivity index (χ0n) is 22.1. The number of amides is 1. The lowest BCUT2D eigenvalue weighted by Crippen LogP contribution is -2.36. The van der Waals surface area contributed by atoms with Gasteiger partial charge in [-0.2, -0.15) is 10.1 Å². The van der Waals surface area contributed by atoms with Crippen LogP contribution in [-0.4, -0.2) is 76.5 Å². The number of nitrogens with one attached hydrogen (secondary N) is 2. The first-order valence-electron chi connectivity index (χ1n) is 12.9. The van der Waals surface area contributed by atoms with E-state index in [4.69, 9.17) is 14.5 Å². The van der Waals surface area contributed by atoms with Crippen LogP contribution in [0.5, 0.6) is 5.88 Å². The van der Waals surface area contributed by atoms with Crippen molar-refractivity contribution in [3.8, 4) is 5.88 Å². The number of anilines is 4. The molecule has 0 atom stereocenters. The standard InChI is InChI=1S/C27H36N8O3/c1-4-25(36)30-22-9-7-8-21(16-22)20-38-26-24(34-12-14-37-15-13-34)18-28-27(32-26)31-23-17-29-35(19-23)11-10-33(5-2)6-3/h4,7-9,16-19H,1,5-6,10-15,20H2,2-3H3,(H,30,36)(H,28,31,32). The van der Waals surface area contributed by atoms with Gasteiger partial charge in [-0.25, -0.2) is 4.98 Å². The molecule has 1 fully saturated rings. The van der Waals surface area contributed by atoms with Crippen LogP contribution in [0.4, 0.5) is 23.0 Å². The molecule has 1 saturated heterocycles. The van der Waals surface area contributed by atoms with Crippen LogP contribution < -0.4 is 20.3 Å². The van der Waals surface area contributed by atoms with E-state index in [1.54, 1.807) is 12.4 Å². The maximum absolute atomic E-state index is 11.7. The van der Waals surface area contributed by atoms with E-state index in [1.807, 2.05) is 35.1 Å². The highest BCUT2D eigenvalue weighted by Gasteiger charge is 2.19. The predicted molar refractivity (Wildman–Crippen MR) is 148 cm³/mol. The smallest absolute Gasteiger partial charge is 0.247 e. The molecule has 2 N–H and O–H groups in total. The van der Waals surface area contributed by atoms with Crippen LogP contribution in [0, 0.1) is 0 Å². The summed E-state index contributed by atoms with van der Waals surface area (Å²) in [7, 11) is 0. The van der Waals surface area contributed by atoms with Gasteiger partial charge in [0, 0.05) is 31.5 Å². The van der Waals surface area contributed by atoms with Gasteiger partial charge >= 0.3 is 0 Å². The van der Waals surface area contributed by atoms with Gasteiger partial charge in [-0.3, -0.25) is 9.48 Å². The molecule has 3 aromatic rings. The van der Waals surface area contributed by atoms with Crippen molar-refractivity contribution in [2.45, 2.75) is 27.0 Å². The molecule has 1 amide bonds. The van der Waals surface area contributed by atoms with Crippen LogP contribution in [0.1, 0.15) is 19.4 Å². The fourth-order valence-corrected chi connectivity index (χ4v) is 4.09. The first-order chi connectivity index (χ1) is 18.6. The van der Waals surface area contributed by atoms with E-state index in [1.165, 1.54) is 6.08 Å².